The largest absolute Gasteiger partial charge is 0.461 e. The van der Waals surface area contributed by atoms with Gasteiger partial charge in [-0.05, 0) is 44.5 Å². The Morgan fingerprint density at radius 2 is 1.38 bits per heavy atom. The van der Waals surface area contributed by atoms with Crippen molar-refractivity contribution in [2.75, 3.05) is 0 Å². The Morgan fingerprint density at radius 1 is 0.714 bits per heavy atom. The molecule has 2 aromatic carbocycles. The summed E-state index contributed by atoms with van der Waals surface area (Å²) < 4.78 is 10.9. The highest BCUT2D eigenvalue weighted by Crippen LogP contribution is 2.23. The smallest absolute Gasteiger partial charge is 0.134 e. The molecule has 0 aliphatic heterocycles. The minimum Gasteiger partial charge on any atom is -0.461 e. The van der Waals surface area contributed by atoms with Gasteiger partial charge >= 0.3 is 0 Å². The number of hydrogen-bond donors (Lipinski definition) is 0. The second-order valence-electron chi connectivity index (χ2n) is 5.17. The molecule has 0 atom stereocenters. The molecule has 4 rings (SSSR count). The summed E-state index contributed by atoms with van der Waals surface area (Å²) in [6.45, 7) is 6.04. The zero-order valence-electron chi connectivity index (χ0n) is 12.5. The number of hydrogen-bond acceptors (Lipinski definition) is 2. The quantitative estimate of drug-likeness (QED) is 0.407. The predicted octanol–water partition coefficient (Wildman–Crippen LogP) is 5.79. The first-order valence-electron chi connectivity index (χ1n) is 7.05. The van der Waals surface area contributed by atoms with Crippen molar-refractivity contribution in [1.29, 1.82) is 0 Å². The average Bonchev–Trinajstić information content (AvgIpc) is 3.00. The second kappa shape index (κ2) is 5.49. The van der Waals surface area contributed by atoms with E-state index in [2.05, 4.69) is 13.0 Å². The van der Waals surface area contributed by atoms with Crippen molar-refractivity contribution < 1.29 is 8.83 Å². The lowest BCUT2D eigenvalue weighted by Gasteiger charge is -1.85. The first-order chi connectivity index (χ1) is 10.1. The van der Waals surface area contributed by atoms with Gasteiger partial charge in [0, 0.05) is 10.8 Å². The van der Waals surface area contributed by atoms with Crippen molar-refractivity contribution in [1.82, 2.24) is 0 Å². The first-order valence-corrected chi connectivity index (χ1v) is 7.05. The third kappa shape index (κ3) is 2.70. The van der Waals surface area contributed by atoms with E-state index < -0.39 is 0 Å². The molecule has 0 aliphatic carbocycles. The van der Waals surface area contributed by atoms with Crippen LogP contribution >= 0.6 is 0 Å². The van der Waals surface area contributed by atoms with Crippen LogP contribution in [-0.2, 0) is 0 Å². The molecule has 0 amide bonds. The zero-order chi connectivity index (χ0) is 14.8. The highest BCUT2D eigenvalue weighted by Gasteiger charge is 2.03. The van der Waals surface area contributed by atoms with Gasteiger partial charge in [-0.15, -0.1) is 0 Å². The number of para-hydroxylation sites is 2. The molecule has 4 aromatic rings. The molecule has 0 spiro atoms. The third-order valence-electron chi connectivity index (χ3n) is 3.63. The molecule has 0 N–H and O–H groups in total. The highest BCUT2D eigenvalue weighted by atomic mass is 16.3. The monoisotopic (exact) mass is 278 g/mol. The van der Waals surface area contributed by atoms with E-state index in [9.17, 15) is 0 Å². The number of fused-ring (bicyclic) bond motifs is 2. The van der Waals surface area contributed by atoms with Gasteiger partial charge in [0.1, 0.15) is 22.7 Å². The molecule has 2 aromatic heterocycles. The van der Waals surface area contributed by atoms with Crippen LogP contribution in [0.3, 0.4) is 0 Å². The van der Waals surface area contributed by atoms with Crippen LogP contribution < -0.4 is 0 Å². The summed E-state index contributed by atoms with van der Waals surface area (Å²) in [6.07, 6.45) is 0. The molecular formula is C19H18O2. The van der Waals surface area contributed by atoms with Crippen LogP contribution in [0.5, 0.6) is 0 Å². The van der Waals surface area contributed by atoms with Crippen LogP contribution in [-0.4, -0.2) is 0 Å². The van der Waals surface area contributed by atoms with Crippen LogP contribution in [0.25, 0.3) is 21.9 Å². The predicted molar refractivity (Wildman–Crippen MR) is 86.6 cm³/mol. The van der Waals surface area contributed by atoms with Crippen molar-refractivity contribution in [2.24, 2.45) is 0 Å². The second-order valence-corrected chi connectivity index (χ2v) is 5.17. The van der Waals surface area contributed by atoms with Gasteiger partial charge in [0.2, 0.25) is 0 Å². The number of furan rings is 2. The number of rotatable bonds is 0. The molecular weight excluding hydrogens is 260 g/mol. The summed E-state index contributed by atoms with van der Waals surface area (Å²) in [5, 5.41) is 2.41. The van der Waals surface area contributed by atoms with Crippen LogP contribution in [0.4, 0.5) is 0 Å². The fourth-order valence-electron chi connectivity index (χ4n) is 2.41. The lowest BCUT2D eigenvalue weighted by Crippen LogP contribution is -1.68. The molecule has 106 valence electrons. The SMILES string of the molecule is Cc1cc2ccccc2o1.Cc1oc2ccccc2c1C. The third-order valence-corrected chi connectivity index (χ3v) is 3.63. The molecule has 2 heterocycles. The Kier molecular flexibility index (Phi) is 3.53. The first kappa shape index (κ1) is 13.5. The summed E-state index contributed by atoms with van der Waals surface area (Å²) in [6, 6.07) is 18.2. The van der Waals surface area contributed by atoms with E-state index in [1.54, 1.807) is 0 Å². The Labute approximate surface area is 124 Å². The van der Waals surface area contributed by atoms with Crippen molar-refractivity contribution in [3.05, 3.63) is 71.7 Å². The summed E-state index contributed by atoms with van der Waals surface area (Å²) in [7, 11) is 0. The molecule has 0 aliphatic rings. The van der Waals surface area contributed by atoms with Crippen molar-refractivity contribution >= 4 is 21.9 Å². The molecule has 0 saturated heterocycles. The fourth-order valence-corrected chi connectivity index (χ4v) is 2.41. The van der Waals surface area contributed by atoms with Crippen LogP contribution in [0.15, 0.2) is 63.4 Å². The summed E-state index contributed by atoms with van der Waals surface area (Å²) in [5.41, 5.74) is 3.21. The Morgan fingerprint density at radius 3 is 2.10 bits per heavy atom. The maximum atomic E-state index is 5.50. The molecule has 0 bridgehead atoms. The van der Waals surface area contributed by atoms with E-state index >= 15 is 0 Å². The Balaban J connectivity index is 0.000000126. The fraction of sp³-hybridized carbons (Fsp3) is 0.158. The molecule has 0 radical (unpaired) electrons. The molecule has 0 fully saturated rings. The minimum atomic E-state index is 0.972. The van der Waals surface area contributed by atoms with E-state index in [0.717, 1.165) is 22.7 Å². The maximum absolute atomic E-state index is 5.50. The molecule has 2 nitrogen and oxygen atoms in total. The van der Waals surface area contributed by atoms with Gasteiger partial charge < -0.3 is 8.83 Å². The molecule has 0 unspecified atom stereocenters. The van der Waals surface area contributed by atoms with Crippen LogP contribution in [0.1, 0.15) is 17.1 Å². The number of benzene rings is 2. The van der Waals surface area contributed by atoms with Crippen LogP contribution in [0, 0.1) is 20.8 Å². The molecule has 21 heavy (non-hydrogen) atoms. The lowest BCUT2D eigenvalue weighted by atomic mass is 10.2. The summed E-state index contributed by atoms with van der Waals surface area (Å²) >= 11 is 0. The van der Waals surface area contributed by atoms with E-state index in [1.165, 1.54) is 16.3 Å². The van der Waals surface area contributed by atoms with Gasteiger partial charge in [0.05, 0.1) is 0 Å². The van der Waals surface area contributed by atoms with Crippen molar-refractivity contribution in [3.63, 3.8) is 0 Å². The highest BCUT2D eigenvalue weighted by molar-refractivity contribution is 5.81. The van der Waals surface area contributed by atoms with E-state index in [0.29, 0.717) is 0 Å². The average molecular weight is 278 g/mol. The Bertz CT molecular complexity index is 848. The summed E-state index contributed by atoms with van der Waals surface area (Å²) in [5.74, 6) is 1.99. The molecule has 0 saturated carbocycles. The normalized spacial score (nSPS) is 10.6. The minimum absolute atomic E-state index is 0.972. The van der Waals surface area contributed by atoms with Crippen molar-refractivity contribution in [2.45, 2.75) is 20.8 Å². The zero-order valence-corrected chi connectivity index (χ0v) is 12.5. The Hall–Kier alpha value is -2.48. The van der Waals surface area contributed by atoms with Gasteiger partial charge in [-0.1, -0.05) is 36.4 Å². The van der Waals surface area contributed by atoms with Gasteiger partial charge in [-0.2, -0.15) is 0 Å². The lowest BCUT2D eigenvalue weighted by molar-refractivity contribution is 0.575. The van der Waals surface area contributed by atoms with E-state index in [1.807, 2.05) is 62.4 Å². The van der Waals surface area contributed by atoms with Crippen molar-refractivity contribution in [3.8, 4) is 0 Å². The topological polar surface area (TPSA) is 26.3 Å². The standard InChI is InChI=1S/C10H10O.C9H8O/c1-7-8(2)11-10-6-4-3-5-9(7)10;1-7-6-8-4-2-3-5-9(8)10-7/h3-6H,1-2H3;2-6H,1H3. The maximum Gasteiger partial charge on any atom is 0.134 e. The van der Waals surface area contributed by atoms with Gasteiger partial charge in [-0.3, -0.25) is 0 Å². The summed E-state index contributed by atoms with van der Waals surface area (Å²) in [4.78, 5) is 0. The van der Waals surface area contributed by atoms with Crippen LogP contribution in [0.2, 0.25) is 0 Å². The van der Waals surface area contributed by atoms with Gasteiger partial charge in [0.25, 0.3) is 0 Å². The molecule has 2 heteroatoms. The van der Waals surface area contributed by atoms with Gasteiger partial charge in [-0.25, -0.2) is 0 Å². The van der Waals surface area contributed by atoms with Gasteiger partial charge in [0.15, 0.2) is 0 Å². The van der Waals surface area contributed by atoms with E-state index in [4.69, 9.17) is 8.83 Å². The van der Waals surface area contributed by atoms with E-state index in [-0.39, 0.29) is 0 Å². The number of aryl methyl sites for hydroxylation is 3.